The predicted octanol–water partition coefficient (Wildman–Crippen LogP) is 4.79. The topological polar surface area (TPSA) is 35.2 Å². The number of benzene rings is 1. The van der Waals surface area contributed by atoms with Crippen molar-refractivity contribution in [1.29, 1.82) is 0 Å². The zero-order valence-corrected chi connectivity index (χ0v) is 12.3. The maximum atomic E-state index is 6.04. The number of nitrogens with two attached hydrogens (primary N) is 1. The molecule has 1 unspecified atom stereocenters. The fourth-order valence-corrected chi connectivity index (χ4v) is 2.87. The molecule has 2 N–H and O–H groups in total. The molecule has 0 fully saturated rings. The molecule has 1 atom stereocenters. The van der Waals surface area contributed by atoms with Crippen LogP contribution in [0, 0.1) is 0 Å². The maximum absolute atomic E-state index is 6.04. The van der Waals surface area contributed by atoms with Gasteiger partial charge in [-0.15, -0.1) is 11.3 Å². The molecule has 0 spiro atoms. The summed E-state index contributed by atoms with van der Waals surface area (Å²) in [6.45, 7) is 0.333. The van der Waals surface area contributed by atoms with Gasteiger partial charge in [0.2, 0.25) is 0 Å². The van der Waals surface area contributed by atoms with Gasteiger partial charge >= 0.3 is 0 Å². The van der Waals surface area contributed by atoms with Gasteiger partial charge in [0.1, 0.15) is 11.9 Å². The Balaban J connectivity index is 2.22. The second kappa shape index (κ2) is 6.13. The van der Waals surface area contributed by atoms with Crippen LogP contribution in [0.15, 0.2) is 30.3 Å². The van der Waals surface area contributed by atoms with Crippen molar-refractivity contribution in [3.63, 3.8) is 0 Å². The van der Waals surface area contributed by atoms with Crippen molar-refractivity contribution in [1.82, 2.24) is 0 Å². The highest BCUT2D eigenvalue weighted by atomic mass is 35.5. The molecule has 0 aliphatic carbocycles. The fourth-order valence-electron chi connectivity index (χ4n) is 1.44. The van der Waals surface area contributed by atoms with Crippen LogP contribution in [0.2, 0.25) is 14.4 Å². The first-order chi connectivity index (χ1) is 8.60. The Morgan fingerprint density at radius 2 is 1.94 bits per heavy atom. The predicted molar refractivity (Wildman–Crippen MR) is 78.2 cm³/mol. The molecular weight excluding hydrogens is 313 g/mol. The van der Waals surface area contributed by atoms with Crippen LogP contribution >= 0.6 is 46.1 Å². The Labute approximate surface area is 124 Å². The van der Waals surface area contributed by atoms with Crippen molar-refractivity contribution in [2.24, 2.45) is 5.73 Å². The van der Waals surface area contributed by atoms with Crippen molar-refractivity contribution in [3.8, 4) is 5.75 Å². The van der Waals surface area contributed by atoms with Gasteiger partial charge in [-0.2, -0.15) is 0 Å². The van der Waals surface area contributed by atoms with E-state index >= 15 is 0 Å². The first-order valence-electron chi connectivity index (χ1n) is 5.17. The Bertz CT molecular complexity index is 544. The Kier molecular flexibility index (Phi) is 4.76. The zero-order chi connectivity index (χ0) is 13.1. The summed E-state index contributed by atoms with van der Waals surface area (Å²) in [5, 5.41) is 1.06. The lowest BCUT2D eigenvalue weighted by molar-refractivity contribution is 0.218. The molecule has 0 saturated carbocycles. The van der Waals surface area contributed by atoms with Gasteiger partial charge in [-0.25, -0.2) is 0 Å². The van der Waals surface area contributed by atoms with Gasteiger partial charge in [-0.05, 0) is 24.3 Å². The third-order valence-electron chi connectivity index (χ3n) is 2.29. The van der Waals surface area contributed by atoms with E-state index in [0.717, 1.165) is 4.88 Å². The van der Waals surface area contributed by atoms with Crippen LogP contribution in [0.1, 0.15) is 11.0 Å². The molecule has 18 heavy (non-hydrogen) atoms. The van der Waals surface area contributed by atoms with Crippen LogP contribution in [0.4, 0.5) is 0 Å². The molecule has 0 bridgehead atoms. The van der Waals surface area contributed by atoms with Crippen LogP contribution in [-0.2, 0) is 0 Å². The van der Waals surface area contributed by atoms with Gasteiger partial charge < -0.3 is 10.5 Å². The van der Waals surface area contributed by atoms with Gasteiger partial charge in [-0.1, -0.05) is 34.8 Å². The maximum Gasteiger partial charge on any atom is 0.145 e. The highest BCUT2D eigenvalue weighted by Crippen LogP contribution is 2.34. The van der Waals surface area contributed by atoms with E-state index in [9.17, 15) is 0 Å². The number of hydrogen-bond acceptors (Lipinski definition) is 3. The average molecular weight is 323 g/mol. The summed E-state index contributed by atoms with van der Waals surface area (Å²) in [5.74, 6) is 0.518. The average Bonchev–Trinajstić information content (AvgIpc) is 2.77. The Hall–Kier alpha value is -0.450. The van der Waals surface area contributed by atoms with Crippen LogP contribution < -0.4 is 10.5 Å². The van der Waals surface area contributed by atoms with E-state index in [1.54, 1.807) is 18.2 Å². The molecule has 2 aromatic rings. The molecule has 2 nitrogen and oxygen atoms in total. The van der Waals surface area contributed by atoms with Crippen LogP contribution in [-0.4, -0.2) is 6.54 Å². The third-order valence-corrected chi connectivity index (χ3v) is 4.16. The normalized spacial score (nSPS) is 12.4. The summed E-state index contributed by atoms with van der Waals surface area (Å²) < 4.78 is 6.48. The molecule has 1 aromatic heterocycles. The van der Waals surface area contributed by atoms with Crippen molar-refractivity contribution < 1.29 is 4.74 Å². The lowest BCUT2D eigenvalue weighted by atomic mass is 10.3. The Morgan fingerprint density at radius 3 is 2.56 bits per heavy atom. The van der Waals surface area contributed by atoms with Gasteiger partial charge in [0.15, 0.2) is 0 Å². The lowest BCUT2D eigenvalue weighted by Crippen LogP contribution is -2.17. The van der Waals surface area contributed by atoms with Gasteiger partial charge in [0.05, 0.1) is 9.36 Å². The van der Waals surface area contributed by atoms with Crippen LogP contribution in [0.25, 0.3) is 0 Å². The summed E-state index contributed by atoms with van der Waals surface area (Å²) in [6, 6.07) is 8.77. The molecule has 6 heteroatoms. The standard InChI is InChI=1S/C12H10Cl3NOS/c13-7-1-2-8(14)9(5-7)17-10(6-16)11-3-4-12(15)18-11/h1-5,10H,6,16H2. The number of rotatable bonds is 4. The van der Waals surface area contributed by atoms with E-state index in [-0.39, 0.29) is 6.10 Å². The zero-order valence-electron chi connectivity index (χ0n) is 9.20. The summed E-state index contributed by atoms with van der Waals surface area (Å²) in [7, 11) is 0. The van der Waals surface area contributed by atoms with E-state index in [4.69, 9.17) is 45.3 Å². The molecule has 0 radical (unpaired) electrons. The molecule has 96 valence electrons. The summed E-state index contributed by atoms with van der Waals surface area (Å²) in [6.07, 6.45) is -0.279. The monoisotopic (exact) mass is 321 g/mol. The van der Waals surface area contributed by atoms with Crippen molar-refractivity contribution in [2.45, 2.75) is 6.10 Å². The fraction of sp³-hybridized carbons (Fsp3) is 0.167. The van der Waals surface area contributed by atoms with Crippen molar-refractivity contribution in [2.75, 3.05) is 6.54 Å². The summed E-state index contributed by atoms with van der Waals surface area (Å²) >= 11 is 19.3. The molecule has 0 amide bonds. The molecule has 0 aliphatic rings. The van der Waals surface area contributed by atoms with Gasteiger partial charge in [0, 0.05) is 22.5 Å². The quantitative estimate of drug-likeness (QED) is 0.878. The summed E-state index contributed by atoms with van der Waals surface area (Å²) in [4.78, 5) is 0.957. The van der Waals surface area contributed by atoms with Crippen molar-refractivity contribution in [3.05, 3.63) is 49.6 Å². The number of thiophene rings is 1. The van der Waals surface area contributed by atoms with Crippen LogP contribution in [0.3, 0.4) is 0 Å². The van der Waals surface area contributed by atoms with E-state index in [1.807, 2.05) is 12.1 Å². The smallest absolute Gasteiger partial charge is 0.145 e. The third kappa shape index (κ3) is 3.31. The number of ether oxygens (including phenoxy) is 1. The van der Waals surface area contributed by atoms with E-state index in [0.29, 0.717) is 26.7 Å². The van der Waals surface area contributed by atoms with E-state index < -0.39 is 0 Å². The minimum atomic E-state index is -0.279. The lowest BCUT2D eigenvalue weighted by Gasteiger charge is -2.17. The molecule has 0 saturated heterocycles. The first kappa shape index (κ1) is 14.0. The molecular formula is C12H10Cl3NOS. The van der Waals surface area contributed by atoms with Gasteiger partial charge in [0.25, 0.3) is 0 Å². The van der Waals surface area contributed by atoms with E-state index in [1.165, 1.54) is 11.3 Å². The molecule has 0 aliphatic heterocycles. The minimum absolute atomic E-state index is 0.279. The largest absolute Gasteiger partial charge is 0.482 e. The summed E-state index contributed by atoms with van der Waals surface area (Å²) in [5.41, 5.74) is 5.71. The Morgan fingerprint density at radius 1 is 1.17 bits per heavy atom. The van der Waals surface area contributed by atoms with E-state index in [2.05, 4.69) is 0 Å². The second-order valence-electron chi connectivity index (χ2n) is 3.56. The van der Waals surface area contributed by atoms with Crippen LogP contribution in [0.5, 0.6) is 5.75 Å². The van der Waals surface area contributed by atoms with Crippen molar-refractivity contribution >= 4 is 46.1 Å². The SMILES string of the molecule is NCC(Oc1cc(Cl)ccc1Cl)c1ccc(Cl)s1. The molecule has 2 rings (SSSR count). The second-order valence-corrected chi connectivity index (χ2v) is 6.15. The first-order valence-corrected chi connectivity index (χ1v) is 7.12. The highest BCUT2D eigenvalue weighted by molar-refractivity contribution is 7.16. The molecule has 1 aromatic carbocycles. The minimum Gasteiger partial charge on any atom is -0.482 e. The number of halogens is 3. The highest BCUT2D eigenvalue weighted by Gasteiger charge is 2.15. The molecule has 1 heterocycles. The number of hydrogen-bond donors (Lipinski definition) is 1. The van der Waals surface area contributed by atoms with Gasteiger partial charge in [-0.3, -0.25) is 0 Å².